The molecular formula is C12H25O15P. The quantitative estimate of drug-likeness (QED) is 0.181. The smallest absolute Gasteiger partial charge is 0.394 e. The number of hydrogen-bond acceptors (Lipinski definition) is 12. The Morgan fingerprint density at radius 3 is 1.68 bits per heavy atom. The first kappa shape index (κ1) is 25.7. The van der Waals surface area contributed by atoms with Gasteiger partial charge in [-0.2, -0.15) is 0 Å². The van der Waals surface area contributed by atoms with Crippen LogP contribution in [0.1, 0.15) is 0 Å². The van der Waals surface area contributed by atoms with Gasteiger partial charge < -0.3 is 69.7 Å². The van der Waals surface area contributed by atoms with Gasteiger partial charge in [-0.1, -0.05) is 0 Å². The molecule has 2 aliphatic rings. The van der Waals surface area contributed by atoms with Crippen LogP contribution in [-0.2, 0) is 18.8 Å². The lowest BCUT2D eigenvalue weighted by Crippen LogP contribution is -2.64. The van der Waals surface area contributed by atoms with Crippen LogP contribution in [0.25, 0.3) is 0 Å². The predicted molar refractivity (Wildman–Crippen MR) is 82.9 cm³/mol. The molecule has 15 nitrogen and oxygen atoms in total. The highest BCUT2D eigenvalue weighted by Gasteiger charge is 2.50. The van der Waals surface area contributed by atoms with Crippen LogP contribution in [0.5, 0.6) is 0 Å². The number of phosphoric acid groups is 1. The van der Waals surface area contributed by atoms with Crippen molar-refractivity contribution < 1.29 is 74.3 Å². The standard InChI is InChI=1S/C12H22O11.H3O4P/c13-1-3-5(15)6(16)9(19)12(22-3)23-10-4(2-14)21-11(20)8(18)7(10)17;1-5(2,3)4/h3-20H,1-2H2;(H3,1,2,3,4)/t3-,4-,5+,6+,7-,8-,9-,10-,11+,12+;/m1./s1. The molecule has 28 heavy (non-hydrogen) atoms. The molecule has 2 saturated heterocycles. The van der Waals surface area contributed by atoms with Crippen molar-refractivity contribution in [1.82, 2.24) is 0 Å². The van der Waals surface area contributed by atoms with Crippen LogP contribution in [-0.4, -0.2) is 130 Å². The Hall–Kier alpha value is -0.330. The third kappa shape index (κ3) is 6.88. The van der Waals surface area contributed by atoms with Crippen LogP contribution >= 0.6 is 7.82 Å². The van der Waals surface area contributed by atoms with Crippen LogP contribution in [0.2, 0.25) is 0 Å². The van der Waals surface area contributed by atoms with E-state index in [9.17, 15) is 35.7 Å². The van der Waals surface area contributed by atoms with Gasteiger partial charge in [0.1, 0.15) is 48.8 Å². The second kappa shape index (κ2) is 10.6. The summed E-state index contributed by atoms with van der Waals surface area (Å²) in [5.74, 6) is 0. The van der Waals surface area contributed by atoms with Gasteiger partial charge in [-0.05, 0) is 0 Å². The number of ether oxygens (including phenoxy) is 3. The van der Waals surface area contributed by atoms with Crippen molar-refractivity contribution in [2.45, 2.75) is 61.4 Å². The van der Waals surface area contributed by atoms with Crippen LogP contribution < -0.4 is 0 Å². The van der Waals surface area contributed by atoms with Crippen molar-refractivity contribution in [2.24, 2.45) is 0 Å². The van der Waals surface area contributed by atoms with Gasteiger partial charge in [0.25, 0.3) is 0 Å². The number of hydrogen-bond donors (Lipinski definition) is 11. The molecule has 2 fully saturated rings. The molecule has 2 heterocycles. The fourth-order valence-electron chi connectivity index (χ4n) is 2.57. The predicted octanol–water partition coefficient (Wildman–Crippen LogP) is -6.33. The zero-order chi connectivity index (χ0) is 21.8. The summed E-state index contributed by atoms with van der Waals surface area (Å²) >= 11 is 0. The van der Waals surface area contributed by atoms with Crippen LogP contribution in [0, 0.1) is 0 Å². The van der Waals surface area contributed by atoms with Crippen LogP contribution in [0.4, 0.5) is 0 Å². The Bertz CT molecular complexity index is 503. The van der Waals surface area contributed by atoms with Gasteiger partial charge in [0, 0.05) is 0 Å². The molecule has 168 valence electrons. The van der Waals surface area contributed by atoms with E-state index in [1.165, 1.54) is 0 Å². The summed E-state index contributed by atoms with van der Waals surface area (Å²) in [5.41, 5.74) is 0. The number of aliphatic hydroxyl groups excluding tert-OH is 8. The SMILES string of the molecule is O=P(O)(O)O.OC[C@H]1O[C@@H](O[C@H]2[C@H](O)[C@@H](O)[C@@H](O)O[C@@H]2CO)[C@H](O)[C@@H](O)[C@H]1O. The first-order valence-corrected chi connectivity index (χ1v) is 9.43. The van der Waals surface area contributed by atoms with E-state index < -0.39 is 82.4 Å². The first-order valence-electron chi connectivity index (χ1n) is 7.86. The van der Waals surface area contributed by atoms with Crippen molar-refractivity contribution >= 4 is 7.82 Å². The molecule has 0 amide bonds. The molecule has 0 aliphatic carbocycles. The van der Waals surface area contributed by atoms with Gasteiger partial charge in [0.05, 0.1) is 13.2 Å². The Kier molecular flexibility index (Phi) is 9.75. The number of aliphatic hydroxyl groups is 8. The summed E-state index contributed by atoms with van der Waals surface area (Å²) in [5, 5.41) is 76.5. The monoisotopic (exact) mass is 440 g/mol. The van der Waals surface area contributed by atoms with Gasteiger partial charge in [0.2, 0.25) is 0 Å². The molecule has 2 rings (SSSR count). The maximum Gasteiger partial charge on any atom is 0.466 e. The summed E-state index contributed by atoms with van der Waals surface area (Å²) in [6.07, 6.45) is -15.6. The highest BCUT2D eigenvalue weighted by Crippen LogP contribution is 2.28. The van der Waals surface area contributed by atoms with E-state index in [0.29, 0.717) is 0 Å². The summed E-state index contributed by atoms with van der Waals surface area (Å²) in [6, 6.07) is 0. The van der Waals surface area contributed by atoms with Crippen LogP contribution in [0.3, 0.4) is 0 Å². The van der Waals surface area contributed by atoms with Gasteiger partial charge in [-0.15, -0.1) is 0 Å². The zero-order valence-corrected chi connectivity index (χ0v) is 15.1. The molecule has 0 aromatic rings. The zero-order valence-electron chi connectivity index (χ0n) is 14.2. The van der Waals surface area contributed by atoms with Crippen molar-refractivity contribution in [3.8, 4) is 0 Å². The molecule has 0 saturated carbocycles. The lowest BCUT2D eigenvalue weighted by Gasteiger charge is -2.45. The average molecular weight is 440 g/mol. The molecule has 0 bridgehead atoms. The van der Waals surface area contributed by atoms with Crippen molar-refractivity contribution in [3.63, 3.8) is 0 Å². The Morgan fingerprint density at radius 1 is 0.714 bits per heavy atom. The maximum absolute atomic E-state index is 9.94. The van der Waals surface area contributed by atoms with Gasteiger partial charge in [-0.25, -0.2) is 4.57 Å². The van der Waals surface area contributed by atoms with Crippen molar-refractivity contribution in [3.05, 3.63) is 0 Å². The topological polar surface area (TPSA) is 267 Å². The molecule has 0 aromatic carbocycles. The summed E-state index contributed by atoms with van der Waals surface area (Å²) in [4.78, 5) is 21.6. The van der Waals surface area contributed by atoms with E-state index in [1.54, 1.807) is 0 Å². The lowest BCUT2D eigenvalue weighted by molar-refractivity contribution is -0.355. The molecule has 0 aromatic heterocycles. The highest BCUT2D eigenvalue weighted by molar-refractivity contribution is 7.45. The first-order chi connectivity index (χ1) is 12.8. The molecule has 2 aliphatic heterocycles. The van der Waals surface area contributed by atoms with Crippen molar-refractivity contribution in [2.75, 3.05) is 13.2 Å². The minimum atomic E-state index is -4.64. The Morgan fingerprint density at radius 2 is 1.21 bits per heavy atom. The largest absolute Gasteiger partial charge is 0.466 e. The van der Waals surface area contributed by atoms with E-state index in [2.05, 4.69) is 0 Å². The highest BCUT2D eigenvalue weighted by atomic mass is 31.2. The van der Waals surface area contributed by atoms with Gasteiger partial charge >= 0.3 is 7.82 Å². The Labute approximate surface area is 157 Å². The van der Waals surface area contributed by atoms with Crippen LogP contribution in [0.15, 0.2) is 0 Å². The second-order valence-electron chi connectivity index (χ2n) is 6.04. The fourth-order valence-corrected chi connectivity index (χ4v) is 2.57. The molecule has 0 unspecified atom stereocenters. The fraction of sp³-hybridized carbons (Fsp3) is 1.00. The molecule has 0 radical (unpaired) electrons. The van der Waals surface area contributed by atoms with E-state index in [0.717, 1.165) is 0 Å². The Balaban J connectivity index is 0.000000696. The van der Waals surface area contributed by atoms with Gasteiger partial charge in [-0.3, -0.25) is 0 Å². The summed E-state index contributed by atoms with van der Waals surface area (Å²) in [7, 11) is -4.64. The third-order valence-corrected chi connectivity index (χ3v) is 3.98. The molecule has 11 N–H and O–H groups in total. The normalized spacial score (nSPS) is 44.5. The summed E-state index contributed by atoms with van der Waals surface area (Å²) in [6.45, 7) is -1.35. The van der Waals surface area contributed by atoms with E-state index in [1.807, 2.05) is 0 Å². The molecule has 16 heteroatoms. The second-order valence-corrected chi connectivity index (χ2v) is 7.07. The molecule has 10 atom stereocenters. The minimum absolute atomic E-state index is 0.667. The molecular weight excluding hydrogens is 415 g/mol. The van der Waals surface area contributed by atoms with E-state index >= 15 is 0 Å². The van der Waals surface area contributed by atoms with Gasteiger partial charge in [0.15, 0.2) is 12.6 Å². The third-order valence-electron chi connectivity index (χ3n) is 3.98. The number of rotatable bonds is 4. The maximum atomic E-state index is 9.94. The lowest BCUT2D eigenvalue weighted by atomic mass is 9.97. The molecule has 0 spiro atoms. The van der Waals surface area contributed by atoms with Crippen molar-refractivity contribution in [1.29, 1.82) is 0 Å². The summed E-state index contributed by atoms with van der Waals surface area (Å²) < 4.78 is 24.1. The van der Waals surface area contributed by atoms with E-state index in [-0.39, 0.29) is 0 Å². The van der Waals surface area contributed by atoms with E-state index in [4.69, 9.17) is 38.6 Å². The minimum Gasteiger partial charge on any atom is -0.394 e. The average Bonchev–Trinajstić information content (AvgIpc) is 2.60.